The van der Waals surface area contributed by atoms with E-state index in [-0.39, 0.29) is 12.4 Å². The number of hydrogen-bond acceptors (Lipinski definition) is 3. The molecule has 0 aliphatic rings. The molecule has 5 heteroatoms. The van der Waals surface area contributed by atoms with Crippen LogP contribution >= 0.6 is 12.4 Å². The Morgan fingerprint density at radius 2 is 2.00 bits per heavy atom. The Morgan fingerprint density at radius 1 is 1.18 bits per heavy atom. The van der Waals surface area contributed by atoms with Crippen LogP contribution in [0.25, 0.3) is 10.9 Å². The van der Waals surface area contributed by atoms with E-state index in [0.29, 0.717) is 6.61 Å². The normalized spacial score (nSPS) is 10.5. The third kappa shape index (κ3) is 5.09. The standard InChI is InChI=1S/C23H28N2O2.ClH/c1-4-8-18-13-17(14-22(26-3)23(18)27-5-2)15-24-12-11-19-16-25-21-10-7-6-9-20(19)21;/h4,6-7,9-10,13-14,16,24-25H,1,5,8,11-12,15H2,2-3H3;1H. The largest absolute Gasteiger partial charge is 0.493 e. The van der Waals surface area contributed by atoms with Crippen LogP contribution in [-0.4, -0.2) is 25.2 Å². The van der Waals surface area contributed by atoms with Gasteiger partial charge in [-0.05, 0) is 49.6 Å². The maximum Gasteiger partial charge on any atom is 0.164 e. The maximum atomic E-state index is 5.79. The first-order valence-electron chi connectivity index (χ1n) is 9.46. The number of rotatable bonds is 10. The molecule has 0 spiro atoms. The number of H-pyrrole nitrogens is 1. The topological polar surface area (TPSA) is 46.3 Å². The molecule has 4 nitrogen and oxygen atoms in total. The molecule has 3 rings (SSSR count). The highest BCUT2D eigenvalue weighted by Crippen LogP contribution is 2.33. The number of hydrogen-bond donors (Lipinski definition) is 2. The van der Waals surface area contributed by atoms with E-state index in [0.717, 1.165) is 43.0 Å². The van der Waals surface area contributed by atoms with Crippen LogP contribution in [0.1, 0.15) is 23.6 Å². The van der Waals surface area contributed by atoms with Crippen LogP contribution in [0.4, 0.5) is 0 Å². The molecular formula is C23H29ClN2O2. The summed E-state index contributed by atoms with van der Waals surface area (Å²) in [5.74, 6) is 1.60. The molecule has 2 N–H and O–H groups in total. The van der Waals surface area contributed by atoms with Crippen molar-refractivity contribution in [1.82, 2.24) is 10.3 Å². The van der Waals surface area contributed by atoms with E-state index in [1.54, 1.807) is 7.11 Å². The minimum atomic E-state index is 0. The third-order valence-electron chi connectivity index (χ3n) is 4.64. The van der Waals surface area contributed by atoms with Gasteiger partial charge < -0.3 is 19.8 Å². The van der Waals surface area contributed by atoms with Crippen molar-refractivity contribution in [3.05, 3.63) is 71.9 Å². The van der Waals surface area contributed by atoms with Gasteiger partial charge in [-0.15, -0.1) is 19.0 Å². The molecule has 0 unspecified atom stereocenters. The molecule has 1 heterocycles. The van der Waals surface area contributed by atoms with Crippen LogP contribution in [0, 0.1) is 0 Å². The van der Waals surface area contributed by atoms with Crippen molar-refractivity contribution in [2.45, 2.75) is 26.3 Å². The second-order valence-electron chi connectivity index (χ2n) is 6.50. The smallest absolute Gasteiger partial charge is 0.164 e. The summed E-state index contributed by atoms with van der Waals surface area (Å²) in [6.07, 6.45) is 5.74. The van der Waals surface area contributed by atoms with Crippen LogP contribution in [0.5, 0.6) is 11.5 Å². The van der Waals surface area contributed by atoms with Crippen molar-refractivity contribution in [3.8, 4) is 11.5 Å². The number of methoxy groups -OCH3 is 1. The summed E-state index contributed by atoms with van der Waals surface area (Å²) in [4.78, 5) is 3.33. The van der Waals surface area contributed by atoms with Gasteiger partial charge in [0.15, 0.2) is 11.5 Å². The minimum Gasteiger partial charge on any atom is -0.493 e. The van der Waals surface area contributed by atoms with Gasteiger partial charge in [0, 0.05) is 29.2 Å². The van der Waals surface area contributed by atoms with E-state index in [1.807, 2.05) is 13.0 Å². The van der Waals surface area contributed by atoms with E-state index < -0.39 is 0 Å². The summed E-state index contributed by atoms with van der Waals surface area (Å²) in [7, 11) is 1.68. The molecule has 0 saturated carbocycles. The van der Waals surface area contributed by atoms with Crippen molar-refractivity contribution < 1.29 is 9.47 Å². The Balaban J connectivity index is 0.00000280. The monoisotopic (exact) mass is 400 g/mol. The average Bonchev–Trinajstić information content (AvgIpc) is 3.10. The highest BCUT2D eigenvalue weighted by atomic mass is 35.5. The zero-order valence-corrected chi connectivity index (χ0v) is 17.4. The Labute approximate surface area is 173 Å². The van der Waals surface area contributed by atoms with Crippen LogP contribution in [0.2, 0.25) is 0 Å². The Hall–Kier alpha value is -2.43. The molecule has 28 heavy (non-hydrogen) atoms. The van der Waals surface area contributed by atoms with Crippen LogP contribution in [0.3, 0.4) is 0 Å². The Bertz CT molecular complexity index is 905. The van der Waals surface area contributed by atoms with Crippen LogP contribution in [-0.2, 0) is 19.4 Å². The first kappa shape index (κ1) is 21.9. The molecule has 2 aromatic carbocycles. The molecule has 0 aliphatic carbocycles. The number of ether oxygens (including phenoxy) is 2. The number of nitrogens with one attached hydrogen (secondary N) is 2. The average molecular weight is 401 g/mol. The lowest BCUT2D eigenvalue weighted by atomic mass is 10.1. The van der Waals surface area contributed by atoms with E-state index >= 15 is 0 Å². The lowest BCUT2D eigenvalue weighted by Gasteiger charge is -2.16. The first-order chi connectivity index (χ1) is 13.3. The second-order valence-corrected chi connectivity index (χ2v) is 6.50. The van der Waals surface area contributed by atoms with Crippen molar-refractivity contribution in [2.75, 3.05) is 20.3 Å². The van der Waals surface area contributed by atoms with Gasteiger partial charge in [0.25, 0.3) is 0 Å². The SMILES string of the molecule is C=CCc1cc(CNCCc2c[nH]c3ccccc23)cc(OC)c1OCC.Cl. The number of benzene rings is 2. The van der Waals surface area contributed by atoms with Crippen molar-refractivity contribution >= 4 is 23.3 Å². The summed E-state index contributed by atoms with van der Waals surface area (Å²) in [6, 6.07) is 12.6. The first-order valence-corrected chi connectivity index (χ1v) is 9.46. The number of allylic oxidation sites excluding steroid dienone is 1. The molecule has 0 atom stereocenters. The highest BCUT2D eigenvalue weighted by molar-refractivity contribution is 5.85. The van der Waals surface area contributed by atoms with Gasteiger partial charge >= 0.3 is 0 Å². The fourth-order valence-corrected chi connectivity index (χ4v) is 3.39. The lowest BCUT2D eigenvalue weighted by molar-refractivity contribution is 0.308. The zero-order chi connectivity index (χ0) is 19.1. The molecule has 0 saturated heterocycles. The highest BCUT2D eigenvalue weighted by Gasteiger charge is 2.12. The number of aromatic amines is 1. The molecule has 0 bridgehead atoms. The number of fused-ring (bicyclic) bond motifs is 1. The van der Waals surface area contributed by atoms with Gasteiger partial charge in [-0.25, -0.2) is 0 Å². The van der Waals surface area contributed by atoms with Crippen LogP contribution < -0.4 is 14.8 Å². The van der Waals surface area contributed by atoms with Crippen molar-refractivity contribution in [2.24, 2.45) is 0 Å². The molecule has 0 radical (unpaired) electrons. The third-order valence-corrected chi connectivity index (χ3v) is 4.64. The summed E-state index contributed by atoms with van der Waals surface area (Å²) in [5, 5.41) is 4.84. The minimum absolute atomic E-state index is 0. The fourth-order valence-electron chi connectivity index (χ4n) is 3.39. The van der Waals surface area contributed by atoms with Crippen molar-refractivity contribution in [1.29, 1.82) is 0 Å². The summed E-state index contributed by atoms with van der Waals surface area (Å²) >= 11 is 0. The molecule has 0 fully saturated rings. The second kappa shape index (κ2) is 10.8. The Kier molecular flexibility index (Phi) is 8.42. The molecule has 1 aromatic heterocycles. The molecule has 0 aliphatic heterocycles. The zero-order valence-electron chi connectivity index (χ0n) is 16.6. The lowest BCUT2D eigenvalue weighted by Crippen LogP contribution is -2.17. The van der Waals surface area contributed by atoms with E-state index in [4.69, 9.17) is 9.47 Å². The van der Waals surface area contributed by atoms with E-state index in [1.165, 1.54) is 22.0 Å². The van der Waals surface area contributed by atoms with E-state index in [9.17, 15) is 0 Å². The predicted octanol–water partition coefficient (Wildman–Crippen LogP) is 5.06. The maximum absolute atomic E-state index is 5.79. The van der Waals surface area contributed by atoms with Crippen LogP contribution in [0.15, 0.2) is 55.3 Å². The Morgan fingerprint density at radius 3 is 2.75 bits per heavy atom. The summed E-state index contributed by atoms with van der Waals surface area (Å²) < 4.78 is 11.3. The number of aromatic nitrogens is 1. The number of halogens is 1. The molecule has 3 aromatic rings. The summed E-state index contributed by atoms with van der Waals surface area (Å²) in [5.41, 5.74) is 4.83. The predicted molar refractivity (Wildman–Crippen MR) is 119 cm³/mol. The molecular weight excluding hydrogens is 372 g/mol. The summed E-state index contributed by atoms with van der Waals surface area (Å²) in [6.45, 7) is 8.15. The van der Waals surface area contributed by atoms with Gasteiger partial charge in [0.1, 0.15) is 0 Å². The fraction of sp³-hybridized carbons (Fsp3) is 0.304. The quantitative estimate of drug-likeness (QED) is 0.369. The molecule has 150 valence electrons. The van der Waals surface area contributed by atoms with Gasteiger partial charge in [-0.3, -0.25) is 0 Å². The van der Waals surface area contributed by atoms with E-state index in [2.05, 4.69) is 59.5 Å². The van der Waals surface area contributed by atoms with Gasteiger partial charge in [0.05, 0.1) is 13.7 Å². The molecule has 0 amide bonds. The van der Waals surface area contributed by atoms with Gasteiger partial charge in [0.2, 0.25) is 0 Å². The number of para-hydroxylation sites is 1. The van der Waals surface area contributed by atoms with Gasteiger partial charge in [-0.2, -0.15) is 0 Å². The van der Waals surface area contributed by atoms with Crippen molar-refractivity contribution in [3.63, 3.8) is 0 Å². The van der Waals surface area contributed by atoms with Gasteiger partial charge in [-0.1, -0.05) is 30.3 Å².